The lowest BCUT2D eigenvalue weighted by Gasteiger charge is -2.06. The minimum Gasteiger partial charge on any atom is -0.0651 e. The molecule has 0 aromatic carbocycles. The van der Waals surface area contributed by atoms with E-state index in [2.05, 4.69) is 20.8 Å². The van der Waals surface area contributed by atoms with Gasteiger partial charge in [0.05, 0.1) is 0 Å². The highest BCUT2D eigenvalue weighted by Crippen LogP contribution is 2.42. The second-order valence-electron chi connectivity index (χ2n) is 4.06. The maximum absolute atomic E-state index is 2.38. The van der Waals surface area contributed by atoms with E-state index in [1.54, 1.807) is 0 Å². The molecule has 0 heterocycles. The van der Waals surface area contributed by atoms with Gasteiger partial charge >= 0.3 is 0 Å². The van der Waals surface area contributed by atoms with Gasteiger partial charge in [0.2, 0.25) is 0 Å². The Hall–Kier alpha value is 0. The summed E-state index contributed by atoms with van der Waals surface area (Å²) >= 11 is 0. The molecule has 0 saturated heterocycles. The van der Waals surface area contributed by atoms with Gasteiger partial charge in [0, 0.05) is 0 Å². The van der Waals surface area contributed by atoms with Gasteiger partial charge in [-0.15, -0.1) is 0 Å². The van der Waals surface area contributed by atoms with E-state index in [-0.39, 0.29) is 0 Å². The lowest BCUT2D eigenvalue weighted by molar-refractivity contribution is 0.468. The van der Waals surface area contributed by atoms with Crippen molar-refractivity contribution in [3.63, 3.8) is 0 Å². The van der Waals surface area contributed by atoms with Crippen LogP contribution >= 0.6 is 0 Å². The third-order valence-corrected chi connectivity index (χ3v) is 3.00. The zero-order valence-corrected chi connectivity index (χ0v) is 7.56. The smallest absolute Gasteiger partial charge is 0.0386 e. The predicted molar refractivity (Wildman–Crippen MR) is 46.0 cm³/mol. The summed E-state index contributed by atoms with van der Waals surface area (Å²) in [5.41, 5.74) is 0. The lowest BCUT2D eigenvalue weighted by Crippen LogP contribution is -1.92. The minimum atomic E-state index is 0.966. The molecule has 1 rings (SSSR count). The van der Waals surface area contributed by atoms with Crippen molar-refractivity contribution in [3.8, 4) is 0 Å². The monoisotopic (exact) mass is 140 g/mol. The first-order valence-electron chi connectivity index (χ1n) is 4.74. The lowest BCUT2D eigenvalue weighted by atomic mass is 10.0. The first-order valence-corrected chi connectivity index (χ1v) is 4.74. The van der Waals surface area contributed by atoms with E-state index >= 15 is 0 Å². The molecule has 1 fully saturated rings. The second-order valence-corrected chi connectivity index (χ2v) is 4.06. The number of hydrogen-bond acceptors (Lipinski definition) is 0. The predicted octanol–water partition coefficient (Wildman–Crippen LogP) is 3.47. The van der Waals surface area contributed by atoms with Gasteiger partial charge in [-0.05, 0) is 30.6 Å². The van der Waals surface area contributed by atoms with Crippen molar-refractivity contribution in [1.29, 1.82) is 0 Å². The van der Waals surface area contributed by atoms with Crippen LogP contribution in [0, 0.1) is 17.8 Å². The van der Waals surface area contributed by atoms with Crippen LogP contribution in [0.2, 0.25) is 0 Å². The van der Waals surface area contributed by atoms with Crippen LogP contribution in [0.4, 0.5) is 0 Å². The molecule has 1 aliphatic carbocycles. The fraction of sp³-hybridized carbons (Fsp3) is 1.00. The second kappa shape index (κ2) is 3.41. The molecular formula is C10H20. The third kappa shape index (κ3) is 2.32. The Balaban J connectivity index is 1.95. The minimum absolute atomic E-state index is 0.966. The molecule has 0 amide bonds. The molecule has 1 aliphatic rings. The van der Waals surface area contributed by atoms with Crippen molar-refractivity contribution in [2.75, 3.05) is 0 Å². The van der Waals surface area contributed by atoms with Crippen LogP contribution in [0.15, 0.2) is 0 Å². The third-order valence-electron chi connectivity index (χ3n) is 3.00. The number of hydrogen-bond donors (Lipinski definition) is 0. The molecule has 0 aromatic heterocycles. The van der Waals surface area contributed by atoms with E-state index in [9.17, 15) is 0 Å². The van der Waals surface area contributed by atoms with E-state index in [0.717, 1.165) is 17.8 Å². The molecule has 0 heteroatoms. The van der Waals surface area contributed by atoms with Crippen LogP contribution in [0.25, 0.3) is 0 Å². The van der Waals surface area contributed by atoms with Crippen LogP contribution in [0.5, 0.6) is 0 Å². The maximum atomic E-state index is 2.38. The SMILES string of the molecule is CCC(C)CC[C@H]1C[C@@H]1C. The molecule has 0 nitrogen and oxygen atoms in total. The molecule has 0 bridgehead atoms. The van der Waals surface area contributed by atoms with E-state index in [4.69, 9.17) is 0 Å². The standard InChI is InChI=1S/C10H20/c1-4-8(2)5-6-10-7-9(10)3/h8-10H,4-7H2,1-3H3/t8?,9-,10-/m0/s1. The Kier molecular flexibility index (Phi) is 2.76. The quantitative estimate of drug-likeness (QED) is 0.561. The Morgan fingerprint density at radius 1 is 1.50 bits per heavy atom. The van der Waals surface area contributed by atoms with Crippen molar-refractivity contribution < 1.29 is 0 Å². The fourth-order valence-corrected chi connectivity index (χ4v) is 1.50. The van der Waals surface area contributed by atoms with Crippen LogP contribution in [-0.4, -0.2) is 0 Å². The van der Waals surface area contributed by atoms with Gasteiger partial charge < -0.3 is 0 Å². The normalized spacial score (nSPS) is 33.9. The van der Waals surface area contributed by atoms with Crippen molar-refractivity contribution >= 4 is 0 Å². The van der Waals surface area contributed by atoms with Crippen molar-refractivity contribution in [3.05, 3.63) is 0 Å². The summed E-state index contributed by atoms with van der Waals surface area (Å²) in [7, 11) is 0. The fourth-order valence-electron chi connectivity index (χ4n) is 1.50. The van der Waals surface area contributed by atoms with Crippen molar-refractivity contribution in [2.45, 2.75) is 46.5 Å². The Labute approximate surface area is 65.0 Å². The average Bonchev–Trinajstić information content (AvgIpc) is 2.61. The van der Waals surface area contributed by atoms with E-state index in [1.165, 1.54) is 25.7 Å². The molecule has 0 aliphatic heterocycles. The van der Waals surface area contributed by atoms with Gasteiger partial charge in [-0.25, -0.2) is 0 Å². The summed E-state index contributed by atoms with van der Waals surface area (Å²) in [6.07, 6.45) is 5.83. The molecule has 1 unspecified atom stereocenters. The molecular weight excluding hydrogens is 120 g/mol. The van der Waals surface area contributed by atoms with Crippen LogP contribution in [0.3, 0.4) is 0 Å². The van der Waals surface area contributed by atoms with Gasteiger partial charge in [0.15, 0.2) is 0 Å². The Morgan fingerprint density at radius 2 is 2.10 bits per heavy atom. The molecule has 0 radical (unpaired) electrons. The summed E-state index contributed by atoms with van der Waals surface area (Å²) in [5.74, 6) is 3.13. The molecule has 0 aromatic rings. The van der Waals surface area contributed by atoms with Gasteiger partial charge in [-0.1, -0.05) is 33.6 Å². The molecule has 60 valence electrons. The van der Waals surface area contributed by atoms with E-state index in [0.29, 0.717) is 0 Å². The molecule has 10 heavy (non-hydrogen) atoms. The first-order chi connectivity index (χ1) is 4.74. The van der Waals surface area contributed by atoms with Crippen molar-refractivity contribution in [2.24, 2.45) is 17.8 Å². The van der Waals surface area contributed by atoms with Gasteiger partial charge in [0.1, 0.15) is 0 Å². The Morgan fingerprint density at radius 3 is 2.50 bits per heavy atom. The highest BCUT2D eigenvalue weighted by atomic mass is 14.4. The van der Waals surface area contributed by atoms with Crippen LogP contribution < -0.4 is 0 Å². The topological polar surface area (TPSA) is 0 Å². The van der Waals surface area contributed by atoms with Crippen molar-refractivity contribution in [1.82, 2.24) is 0 Å². The van der Waals surface area contributed by atoms with Gasteiger partial charge in [0.25, 0.3) is 0 Å². The molecule has 1 saturated carbocycles. The maximum Gasteiger partial charge on any atom is -0.0386 e. The highest BCUT2D eigenvalue weighted by molar-refractivity contribution is 4.82. The van der Waals surface area contributed by atoms with E-state index in [1.807, 2.05) is 0 Å². The zero-order chi connectivity index (χ0) is 7.56. The average molecular weight is 140 g/mol. The largest absolute Gasteiger partial charge is 0.0651 e. The summed E-state index contributed by atoms with van der Waals surface area (Å²) in [4.78, 5) is 0. The van der Waals surface area contributed by atoms with Gasteiger partial charge in [-0.2, -0.15) is 0 Å². The summed E-state index contributed by atoms with van der Waals surface area (Å²) in [5, 5.41) is 0. The highest BCUT2D eigenvalue weighted by Gasteiger charge is 2.31. The van der Waals surface area contributed by atoms with E-state index < -0.39 is 0 Å². The zero-order valence-electron chi connectivity index (χ0n) is 7.56. The molecule has 0 spiro atoms. The number of rotatable bonds is 4. The van der Waals surface area contributed by atoms with Crippen LogP contribution in [0.1, 0.15) is 46.5 Å². The molecule has 3 atom stereocenters. The molecule has 0 N–H and O–H groups in total. The summed E-state index contributed by atoms with van der Waals surface area (Å²) in [6.45, 7) is 7.04. The summed E-state index contributed by atoms with van der Waals surface area (Å²) in [6, 6.07) is 0. The first kappa shape index (κ1) is 8.10. The summed E-state index contributed by atoms with van der Waals surface area (Å²) < 4.78 is 0. The van der Waals surface area contributed by atoms with Gasteiger partial charge in [-0.3, -0.25) is 0 Å². The van der Waals surface area contributed by atoms with Crippen LogP contribution in [-0.2, 0) is 0 Å². The Bertz CT molecular complexity index is 92.2.